The molecule has 1 unspecified atom stereocenters. The van der Waals surface area contributed by atoms with Crippen molar-refractivity contribution in [2.24, 2.45) is 5.92 Å². The number of rotatable bonds is 16. The van der Waals surface area contributed by atoms with E-state index in [1.807, 2.05) is 0 Å². The van der Waals surface area contributed by atoms with Gasteiger partial charge in [0.15, 0.2) is 0 Å². The highest BCUT2D eigenvalue weighted by Crippen LogP contribution is 2.19. The van der Waals surface area contributed by atoms with E-state index in [1.165, 1.54) is 83.5 Å². The van der Waals surface area contributed by atoms with Gasteiger partial charge in [0.25, 0.3) is 0 Å². The van der Waals surface area contributed by atoms with Gasteiger partial charge in [0, 0.05) is 5.92 Å². The highest BCUT2D eigenvalue weighted by atomic mass is 16.1. The number of hydrogen-bond acceptors (Lipinski definition) is 1. The lowest BCUT2D eigenvalue weighted by Gasteiger charge is -2.12. The van der Waals surface area contributed by atoms with Crippen molar-refractivity contribution in [2.45, 2.75) is 117 Å². The Morgan fingerprint density at radius 2 is 1.00 bits per heavy atom. The van der Waals surface area contributed by atoms with E-state index in [0.29, 0.717) is 11.7 Å². The van der Waals surface area contributed by atoms with Gasteiger partial charge >= 0.3 is 0 Å². The summed E-state index contributed by atoms with van der Waals surface area (Å²) >= 11 is 0. The SMILES string of the molecule is CCCCCCCCCCCCCC(CCCC)C(C)=O. The zero-order valence-corrected chi connectivity index (χ0v) is 15.1. The minimum absolute atomic E-state index is 0.350. The van der Waals surface area contributed by atoms with Crippen LogP contribution in [0.25, 0.3) is 0 Å². The Morgan fingerprint density at radius 1 is 0.619 bits per heavy atom. The monoisotopic (exact) mass is 296 g/mol. The number of hydrogen-bond donors (Lipinski definition) is 0. The Hall–Kier alpha value is -0.330. The van der Waals surface area contributed by atoms with E-state index < -0.39 is 0 Å². The summed E-state index contributed by atoms with van der Waals surface area (Å²) in [6.45, 7) is 6.26. The molecule has 1 atom stereocenters. The zero-order valence-electron chi connectivity index (χ0n) is 15.1. The molecule has 0 heterocycles. The largest absolute Gasteiger partial charge is 0.300 e. The maximum atomic E-state index is 11.6. The summed E-state index contributed by atoms with van der Waals surface area (Å²) in [5, 5.41) is 0. The molecule has 0 amide bonds. The molecule has 0 bridgehead atoms. The molecule has 0 spiro atoms. The number of Topliss-reactive ketones (excluding diaryl/α,β-unsaturated/α-hetero) is 1. The van der Waals surface area contributed by atoms with Gasteiger partial charge in [0.05, 0.1) is 0 Å². The van der Waals surface area contributed by atoms with Gasteiger partial charge in [-0.1, -0.05) is 97.3 Å². The Kier molecular flexibility index (Phi) is 15.8. The molecule has 126 valence electrons. The number of unbranched alkanes of at least 4 members (excludes halogenated alkanes) is 11. The molecular formula is C20H40O. The number of ketones is 1. The third-order valence-corrected chi connectivity index (χ3v) is 4.64. The normalized spacial score (nSPS) is 12.5. The first-order chi connectivity index (χ1) is 10.2. The molecule has 0 aromatic carbocycles. The first-order valence-electron chi connectivity index (χ1n) is 9.72. The fourth-order valence-corrected chi connectivity index (χ4v) is 3.06. The second kappa shape index (κ2) is 16.0. The number of carbonyl (C=O) groups excluding carboxylic acids is 1. The zero-order chi connectivity index (χ0) is 15.8. The van der Waals surface area contributed by atoms with Gasteiger partial charge in [-0.2, -0.15) is 0 Å². The van der Waals surface area contributed by atoms with Crippen LogP contribution in [-0.4, -0.2) is 5.78 Å². The third-order valence-electron chi connectivity index (χ3n) is 4.64. The first-order valence-corrected chi connectivity index (χ1v) is 9.72. The average Bonchev–Trinajstić information content (AvgIpc) is 2.47. The fraction of sp³-hybridized carbons (Fsp3) is 0.950. The van der Waals surface area contributed by atoms with Crippen LogP contribution in [-0.2, 0) is 4.79 Å². The molecule has 0 saturated heterocycles. The summed E-state index contributed by atoms with van der Waals surface area (Å²) in [6.07, 6.45) is 19.9. The van der Waals surface area contributed by atoms with Crippen LogP contribution in [0.2, 0.25) is 0 Å². The van der Waals surface area contributed by atoms with E-state index in [4.69, 9.17) is 0 Å². The van der Waals surface area contributed by atoms with Crippen molar-refractivity contribution in [2.75, 3.05) is 0 Å². The van der Waals surface area contributed by atoms with Crippen LogP contribution in [0.3, 0.4) is 0 Å². The van der Waals surface area contributed by atoms with E-state index in [-0.39, 0.29) is 0 Å². The van der Waals surface area contributed by atoms with Crippen molar-refractivity contribution in [3.63, 3.8) is 0 Å². The van der Waals surface area contributed by atoms with Crippen LogP contribution < -0.4 is 0 Å². The van der Waals surface area contributed by atoms with Gasteiger partial charge in [0.2, 0.25) is 0 Å². The van der Waals surface area contributed by atoms with Crippen LogP contribution in [0.5, 0.6) is 0 Å². The predicted molar refractivity (Wildman–Crippen MR) is 94.8 cm³/mol. The van der Waals surface area contributed by atoms with Gasteiger partial charge in [-0.3, -0.25) is 4.79 Å². The second-order valence-corrected chi connectivity index (χ2v) is 6.77. The summed E-state index contributed by atoms with van der Waals surface area (Å²) in [4.78, 5) is 11.6. The van der Waals surface area contributed by atoms with Gasteiger partial charge in [-0.25, -0.2) is 0 Å². The molecule has 0 rings (SSSR count). The van der Waals surface area contributed by atoms with E-state index >= 15 is 0 Å². The van der Waals surface area contributed by atoms with Crippen LogP contribution in [0.4, 0.5) is 0 Å². The predicted octanol–water partition coefficient (Wildman–Crippen LogP) is 7.08. The van der Waals surface area contributed by atoms with Crippen LogP contribution >= 0.6 is 0 Å². The molecule has 0 aromatic heterocycles. The molecule has 0 aliphatic carbocycles. The molecule has 1 nitrogen and oxygen atoms in total. The highest BCUT2D eigenvalue weighted by molar-refractivity contribution is 5.78. The minimum atomic E-state index is 0.350. The number of carbonyl (C=O) groups is 1. The maximum absolute atomic E-state index is 11.6. The lowest BCUT2D eigenvalue weighted by molar-refractivity contribution is -0.121. The van der Waals surface area contributed by atoms with E-state index in [0.717, 1.165) is 12.8 Å². The topological polar surface area (TPSA) is 17.1 Å². The van der Waals surface area contributed by atoms with Crippen molar-refractivity contribution in [3.8, 4) is 0 Å². The molecule has 0 fully saturated rings. The fourth-order valence-electron chi connectivity index (χ4n) is 3.06. The minimum Gasteiger partial charge on any atom is -0.300 e. The average molecular weight is 297 g/mol. The first kappa shape index (κ1) is 20.7. The van der Waals surface area contributed by atoms with E-state index in [9.17, 15) is 4.79 Å². The molecule has 1 heteroatoms. The van der Waals surface area contributed by atoms with Crippen molar-refractivity contribution < 1.29 is 4.79 Å². The summed E-state index contributed by atoms with van der Waals surface area (Å²) in [5.74, 6) is 0.763. The molecule has 0 radical (unpaired) electrons. The van der Waals surface area contributed by atoms with Crippen molar-refractivity contribution in [3.05, 3.63) is 0 Å². The second-order valence-electron chi connectivity index (χ2n) is 6.77. The maximum Gasteiger partial charge on any atom is 0.132 e. The Balaban J connectivity index is 3.31. The van der Waals surface area contributed by atoms with Crippen molar-refractivity contribution >= 4 is 5.78 Å². The summed E-state index contributed by atoms with van der Waals surface area (Å²) in [7, 11) is 0. The van der Waals surface area contributed by atoms with Crippen LogP contribution in [0.15, 0.2) is 0 Å². The lowest BCUT2D eigenvalue weighted by atomic mass is 9.92. The third kappa shape index (κ3) is 14.4. The smallest absolute Gasteiger partial charge is 0.132 e. The lowest BCUT2D eigenvalue weighted by Crippen LogP contribution is -2.10. The molecule has 0 saturated carbocycles. The van der Waals surface area contributed by atoms with Crippen LogP contribution in [0.1, 0.15) is 117 Å². The molecule has 0 aliphatic heterocycles. The van der Waals surface area contributed by atoms with Crippen LogP contribution in [0, 0.1) is 5.92 Å². The highest BCUT2D eigenvalue weighted by Gasteiger charge is 2.12. The molecule has 0 N–H and O–H groups in total. The van der Waals surface area contributed by atoms with Crippen molar-refractivity contribution in [1.29, 1.82) is 0 Å². The Morgan fingerprint density at radius 3 is 1.43 bits per heavy atom. The Bertz CT molecular complexity index is 222. The molecular weight excluding hydrogens is 256 g/mol. The van der Waals surface area contributed by atoms with Gasteiger partial charge in [0.1, 0.15) is 5.78 Å². The summed E-state index contributed by atoms with van der Waals surface area (Å²) < 4.78 is 0. The van der Waals surface area contributed by atoms with E-state index in [1.54, 1.807) is 6.92 Å². The van der Waals surface area contributed by atoms with Gasteiger partial charge in [-0.15, -0.1) is 0 Å². The van der Waals surface area contributed by atoms with Crippen molar-refractivity contribution in [1.82, 2.24) is 0 Å². The standard InChI is InChI=1S/C20H40O/c1-4-6-8-9-10-11-12-13-14-15-16-18-20(19(3)21)17-7-5-2/h20H,4-18H2,1-3H3. The quantitative estimate of drug-likeness (QED) is 0.278. The summed E-state index contributed by atoms with van der Waals surface area (Å²) in [5.41, 5.74) is 0. The molecule has 0 aromatic rings. The Labute approximate surface area is 134 Å². The van der Waals surface area contributed by atoms with Gasteiger partial charge < -0.3 is 0 Å². The summed E-state index contributed by atoms with van der Waals surface area (Å²) in [6, 6.07) is 0. The van der Waals surface area contributed by atoms with Gasteiger partial charge in [-0.05, 0) is 19.8 Å². The molecule has 21 heavy (non-hydrogen) atoms. The van der Waals surface area contributed by atoms with E-state index in [2.05, 4.69) is 13.8 Å². The molecule has 0 aliphatic rings.